The second-order valence-corrected chi connectivity index (χ2v) is 4.14. The molecular weight excluding hydrogens is 254 g/mol. The summed E-state index contributed by atoms with van der Waals surface area (Å²) in [6.45, 7) is 2.12. The summed E-state index contributed by atoms with van der Waals surface area (Å²) in [5.41, 5.74) is 1.96. The van der Waals surface area contributed by atoms with Crippen molar-refractivity contribution in [2.24, 2.45) is 0 Å². The first-order chi connectivity index (χ1) is 7.29. The topological polar surface area (TPSA) is 41.6 Å². The summed E-state index contributed by atoms with van der Waals surface area (Å²) >= 11 is 3.40. The molecule has 0 amide bonds. The van der Waals surface area contributed by atoms with E-state index in [9.17, 15) is 0 Å². The van der Waals surface area contributed by atoms with Crippen molar-refractivity contribution in [3.8, 4) is 11.4 Å². The van der Waals surface area contributed by atoms with Gasteiger partial charge in [-0.1, -0.05) is 6.92 Å². The van der Waals surface area contributed by atoms with Gasteiger partial charge < -0.3 is 4.98 Å². The number of rotatable bonds is 3. The van der Waals surface area contributed by atoms with Crippen molar-refractivity contribution in [2.75, 3.05) is 0 Å². The fourth-order valence-corrected chi connectivity index (χ4v) is 1.85. The summed E-state index contributed by atoms with van der Waals surface area (Å²) in [7, 11) is 0. The lowest BCUT2D eigenvalue weighted by atomic mass is 10.2. The summed E-state index contributed by atoms with van der Waals surface area (Å²) in [5, 5.41) is 0. The van der Waals surface area contributed by atoms with Gasteiger partial charge in [0, 0.05) is 12.6 Å². The Balaban J connectivity index is 2.40. The lowest BCUT2D eigenvalue weighted by Crippen LogP contribution is -1.97. The SMILES string of the molecule is CCCc1nc(Br)cc(-c2ccc[nH]2)n1. The first kappa shape index (κ1) is 10.4. The second-order valence-electron chi connectivity index (χ2n) is 3.33. The zero-order chi connectivity index (χ0) is 10.7. The molecule has 0 aliphatic rings. The largest absolute Gasteiger partial charge is 0.360 e. The maximum Gasteiger partial charge on any atom is 0.130 e. The van der Waals surface area contributed by atoms with Gasteiger partial charge in [-0.2, -0.15) is 0 Å². The number of aromatic amines is 1. The zero-order valence-electron chi connectivity index (χ0n) is 8.50. The third-order valence-electron chi connectivity index (χ3n) is 2.09. The van der Waals surface area contributed by atoms with Crippen LogP contribution in [-0.2, 0) is 6.42 Å². The predicted octanol–water partition coefficient (Wildman–Crippen LogP) is 3.19. The van der Waals surface area contributed by atoms with Gasteiger partial charge in [0.25, 0.3) is 0 Å². The Morgan fingerprint density at radius 1 is 1.40 bits per heavy atom. The van der Waals surface area contributed by atoms with Crippen LogP contribution in [0.3, 0.4) is 0 Å². The predicted molar refractivity (Wildman–Crippen MR) is 63.5 cm³/mol. The lowest BCUT2D eigenvalue weighted by Gasteiger charge is -2.02. The molecule has 2 aromatic rings. The van der Waals surface area contributed by atoms with Gasteiger partial charge in [0.05, 0.1) is 11.4 Å². The van der Waals surface area contributed by atoms with Crippen molar-refractivity contribution in [2.45, 2.75) is 19.8 Å². The number of aromatic nitrogens is 3. The quantitative estimate of drug-likeness (QED) is 0.867. The monoisotopic (exact) mass is 265 g/mol. The number of H-pyrrole nitrogens is 1. The molecule has 0 spiro atoms. The van der Waals surface area contributed by atoms with Crippen LogP contribution in [0.25, 0.3) is 11.4 Å². The van der Waals surface area contributed by atoms with Crippen molar-refractivity contribution >= 4 is 15.9 Å². The first-order valence-corrected chi connectivity index (χ1v) is 5.76. The summed E-state index contributed by atoms with van der Waals surface area (Å²) in [4.78, 5) is 12.0. The van der Waals surface area contributed by atoms with Crippen molar-refractivity contribution in [1.29, 1.82) is 0 Å². The van der Waals surface area contributed by atoms with Crippen LogP contribution in [0.5, 0.6) is 0 Å². The van der Waals surface area contributed by atoms with Gasteiger partial charge in [-0.25, -0.2) is 9.97 Å². The van der Waals surface area contributed by atoms with Crippen molar-refractivity contribution < 1.29 is 0 Å². The number of nitrogens with zero attached hydrogens (tertiary/aromatic N) is 2. The average molecular weight is 266 g/mol. The Morgan fingerprint density at radius 3 is 2.93 bits per heavy atom. The smallest absolute Gasteiger partial charge is 0.130 e. The Morgan fingerprint density at radius 2 is 2.27 bits per heavy atom. The van der Waals surface area contributed by atoms with E-state index in [1.165, 1.54) is 0 Å². The van der Waals surface area contributed by atoms with Crippen LogP contribution in [0.4, 0.5) is 0 Å². The molecule has 0 unspecified atom stereocenters. The standard InChI is InChI=1S/C11H12BrN3/c1-2-4-11-14-9(7-10(12)15-11)8-5-3-6-13-8/h3,5-7,13H,2,4H2,1H3. The van der Waals surface area contributed by atoms with Crippen LogP contribution in [0, 0.1) is 0 Å². The van der Waals surface area contributed by atoms with Gasteiger partial charge in [0.15, 0.2) is 0 Å². The van der Waals surface area contributed by atoms with Gasteiger partial charge in [0.1, 0.15) is 10.4 Å². The third-order valence-corrected chi connectivity index (χ3v) is 2.49. The molecule has 0 saturated carbocycles. The average Bonchev–Trinajstić information content (AvgIpc) is 2.70. The molecule has 2 aromatic heterocycles. The number of hydrogen-bond acceptors (Lipinski definition) is 2. The molecule has 78 valence electrons. The van der Waals surface area contributed by atoms with Gasteiger partial charge in [-0.3, -0.25) is 0 Å². The Hall–Kier alpha value is -1.16. The minimum absolute atomic E-state index is 0.838. The molecule has 0 aromatic carbocycles. The third kappa shape index (κ3) is 2.45. The van der Waals surface area contributed by atoms with E-state index < -0.39 is 0 Å². The van der Waals surface area contributed by atoms with E-state index in [0.717, 1.165) is 34.7 Å². The second kappa shape index (κ2) is 4.57. The number of hydrogen-bond donors (Lipinski definition) is 1. The summed E-state index contributed by atoms with van der Waals surface area (Å²) in [6, 6.07) is 5.89. The van der Waals surface area contributed by atoms with Crippen molar-refractivity contribution in [3.05, 3.63) is 34.8 Å². The van der Waals surface area contributed by atoms with Gasteiger partial charge in [0.2, 0.25) is 0 Å². The Bertz CT molecular complexity index is 437. The van der Waals surface area contributed by atoms with Gasteiger partial charge in [-0.05, 0) is 40.5 Å². The van der Waals surface area contributed by atoms with Crippen LogP contribution in [0.2, 0.25) is 0 Å². The molecule has 4 heteroatoms. The number of aryl methyl sites for hydroxylation is 1. The lowest BCUT2D eigenvalue weighted by molar-refractivity contribution is 0.830. The summed E-state index contributed by atoms with van der Waals surface area (Å²) in [5.74, 6) is 0.886. The van der Waals surface area contributed by atoms with Crippen LogP contribution in [0.1, 0.15) is 19.2 Å². The molecule has 0 bridgehead atoms. The number of halogens is 1. The fraction of sp³-hybridized carbons (Fsp3) is 0.273. The summed E-state index contributed by atoms with van der Waals surface area (Å²) in [6.07, 6.45) is 3.86. The van der Waals surface area contributed by atoms with E-state index in [0.29, 0.717) is 0 Å². The molecule has 15 heavy (non-hydrogen) atoms. The Kier molecular flexibility index (Phi) is 3.16. The maximum atomic E-state index is 4.49. The van der Waals surface area contributed by atoms with Crippen molar-refractivity contribution in [1.82, 2.24) is 15.0 Å². The molecule has 0 aliphatic carbocycles. The van der Waals surface area contributed by atoms with E-state index in [-0.39, 0.29) is 0 Å². The molecule has 3 nitrogen and oxygen atoms in total. The van der Waals surface area contributed by atoms with Crippen LogP contribution < -0.4 is 0 Å². The molecule has 2 rings (SSSR count). The first-order valence-electron chi connectivity index (χ1n) is 4.97. The molecule has 1 N–H and O–H groups in total. The molecule has 0 radical (unpaired) electrons. The summed E-state index contributed by atoms with van der Waals surface area (Å²) < 4.78 is 0.838. The minimum Gasteiger partial charge on any atom is -0.360 e. The highest BCUT2D eigenvalue weighted by Crippen LogP contribution is 2.18. The van der Waals surface area contributed by atoms with Gasteiger partial charge in [-0.15, -0.1) is 0 Å². The maximum absolute atomic E-state index is 4.49. The van der Waals surface area contributed by atoms with E-state index in [2.05, 4.69) is 37.8 Å². The Labute approximate surface area is 97.1 Å². The molecule has 0 saturated heterocycles. The van der Waals surface area contributed by atoms with E-state index in [1.54, 1.807) is 0 Å². The normalized spacial score (nSPS) is 10.5. The zero-order valence-corrected chi connectivity index (χ0v) is 10.1. The highest BCUT2D eigenvalue weighted by Gasteiger charge is 2.04. The minimum atomic E-state index is 0.838. The van der Waals surface area contributed by atoms with E-state index in [4.69, 9.17) is 0 Å². The molecule has 0 atom stereocenters. The molecule has 0 aliphatic heterocycles. The van der Waals surface area contributed by atoms with Crippen LogP contribution in [-0.4, -0.2) is 15.0 Å². The van der Waals surface area contributed by atoms with Crippen LogP contribution >= 0.6 is 15.9 Å². The molecule has 2 heterocycles. The van der Waals surface area contributed by atoms with E-state index in [1.807, 2.05) is 24.4 Å². The highest BCUT2D eigenvalue weighted by molar-refractivity contribution is 9.10. The fourth-order valence-electron chi connectivity index (χ4n) is 1.43. The molecular formula is C11H12BrN3. The number of nitrogens with one attached hydrogen (secondary N) is 1. The molecule has 0 fully saturated rings. The van der Waals surface area contributed by atoms with Crippen molar-refractivity contribution in [3.63, 3.8) is 0 Å². The van der Waals surface area contributed by atoms with Crippen LogP contribution in [0.15, 0.2) is 29.0 Å². The van der Waals surface area contributed by atoms with Gasteiger partial charge >= 0.3 is 0 Å². The van der Waals surface area contributed by atoms with E-state index >= 15 is 0 Å². The highest BCUT2D eigenvalue weighted by atomic mass is 79.9.